The van der Waals surface area contributed by atoms with Gasteiger partial charge in [-0.15, -0.1) is 11.6 Å². The van der Waals surface area contributed by atoms with Gasteiger partial charge in [0.2, 0.25) is 5.09 Å². The van der Waals surface area contributed by atoms with Crippen LogP contribution in [0.1, 0.15) is 18.2 Å². The van der Waals surface area contributed by atoms with Gasteiger partial charge < -0.3 is 4.42 Å². The minimum atomic E-state index is -3.69. The number of hydrogen-bond donors (Lipinski definition) is 0. The van der Waals surface area contributed by atoms with E-state index in [-0.39, 0.29) is 16.9 Å². The number of anilines is 1. The van der Waals surface area contributed by atoms with E-state index in [0.29, 0.717) is 12.3 Å². The molecule has 1 unspecified atom stereocenters. The van der Waals surface area contributed by atoms with Gasteiger partial charge in [-0.2, -0.15) is 8.42 Å². The second kappa shape index (κ2) is 5.39. The fourth-order valence-corrected chi connectivity index (χ4v) is 4.35. The first-order chi connectivity index (χ1) is 10.0. The van der Waals surface area contributed by atoms with Gasteiger partial charge in [0.1, 0.15) is 5.76 Å². The molecule has 0 spiro atoms. The lowest BCUT2D eigenvalue weighted by atomic mass is 9.96. The van der Waals surface area contributed by atoms with Crippen LogP contribution in [0.15, 0.2) is 45.9 Å². The first-order valence-electron chi connectivity index (χ1n) is 6.77. The van der Waals surface area contributed by atoms with E-state index in [1.165, 1.54) is 10.4 Å². The van der Waals surface area contributed by atoms with Crippen molar-refractivity contribution in [1.29, 1.82) is 0 Å². The average Bonchev–Trinajstić information content (AvgIpc) is 2.96. The monoisotopic (exact) mass is 325 g/mol. The molecule has 0 saturated heterocycles. The van der Waals surface area contributed by atoms with Crippen LogP contribution in [0.5, 0.6) is 0 Å². The number of fused-ring (bicyclic) bond motifs is 1. The SMILES string of the molecule is CC1Cc2ccccc2N(S(=O)(=O)c2ccc(CCl)o2)C1. The molecule has 1 atom stereocenters. The van der Waals surface area contributed by atoms with Crippen LogP contribution in [0, 0.1) is 5.92 Å². The highest BCUT2D eigenvalue weighted by Gasteiger charge is 2.33. The van der Waals surface area contributed by atoms with Crippen LogP contribution >= 0.6 is 11.6 Å². The van der Waals surface area contributed by atoms with Crippen molar-refractivity contribution < 1.29 is 12.8 Å². The zero-order valence-electron chi connectivity index (χ0n) is 11.6. The summed E-state index contributed by atoms with van der Waals surface area (Å²) in [6.45, 7) is 2.50. The lowest BCUT2D eigenvalue weighted by Crippen LogP contribution is -2.39. The molecule has 4 nitrogen and oxygen atoms in total. The maximum absolute atomic E-state index is 12.8. The highest BCUT2D eigenvalue weighted by molar-refractivity contribution is 7.92. The Morgan fingerprint density at radius 1 is 1.29 bits per heavy atom. The number of hydrogen-bond acceptors (Lipinski definition) is 3. The van der Waals surface area contributed by atoms with E-state index in [0.717, 1.165) is 17.7 Å². The Balaban J connectivity index is 2.07. The molecule has 21 heavy (non-hydrogen) atoms. The zero-order valence-corrected chi connectivity index (χ0v) is 13.2. The topological polar surface area (TPSA) is 50.5 Å². The molecule has 3 rings (SSSR count). The highest BCUT2D eigenvalue weighted by Crippen LogP contribution is 2.34. The fourth-order valence-electron chi connectivity index (χ4n) is 2.65. The molecule has 0 N–H and O–H groups in total. The van der Waals surface area contributed by atoms with Crippen molar-refractivity contribution in [1.82, 2.24) is 0 Å². The molecule has 1 aliphatic heterocycles. The molecule has 0 bridgehead atoms. The van der Waals surface area contributed by atoms with E-state index in [1.807, 2.05) is 31.2 Å². The first-order valence-corrected chi connectivity index (χ1v) is 8.75. The van der Waals surface area contributed by atoms with E-state index in [1.54, 1.807) is 6.07 Å². The van der Waals surface area contributed by atoms with Crippen LogP contribution in [-0.4, -0.2) is 15.0 Å². The zero-order chi connectivity index (χ0) is 15.0. The van der Waals surface area contributed by atoms with Gasteiger partial charge in [-0.05, 0) is 36.1 Å². The van der Waals surface area contributed by atoms with E-state index in [9.17, 15) is 8.42 Å². The van der Waals surface area contributed by atoms with Crippen LogP contribution < -0.4 is 4.31 Å². The lowest BCUT2D eigenvalue weighted by molar-refractivity contribution is 0.422. The number of sulfonamides is 1. The second-order valence-electron chi connectivity index (χ2n) is 5.33. The number of benzene rings is 1. The number of nitrogens with zero attached hydrogens (tertiary/aromatic N) is 1. The summed E-state index contributed by atoms with van der Waals surface area (Å²) in [7, 11) is -3.69. The quantitative estimate of drug-likeness (QED) is 0.813. The Kier molecular flexibility index (Phi) is 3.71. The van der Waals surface area contributed by atoms with Crippen LogP contribution in [-0.2, 0) is 22.3 Å². The van der Waals surface area contributed by atoms with Gasteiger partial charge in [0.05, 0.1) is 11.6 Å². The molecule has 1 aliphatic rings. The third-order valence-electron chi connectivity index (χ3n) is 3.62. The summed E-state index contributed by atoms with van der Waals surface area (Å²) < 4.78 is 32.4. The molecule has 0 saturated carbocycles. The Hall–Kier alpha value is -1.46. The maximum atomic E-state index is 12.8. The Morgan fingerprint density at radius 2 is 2.05 bits per heavy atom. The largest absolute Gasteiger partial charge is 0.447 e. The molecule has 2 aromatic rings. The average molecular weight is 326 g/mol. The summed E-state index contributed by atoms with van der Waals surface area (Å²) in [6.07, 6.45) is 0.882. The molecule has 2 heterocycles. The number of furan rings is 1. The van der Waals surface area contributed by atoms with E-state index < -0.39 is 10.0 Å². The van der Waals surface area contributed by atoms with Gasteiger partial charge in [-0.3, -0.25) is 4.31 Å². The fraction of sp³-hybridized carbons (Fsp3) is 0.333. The van der Waals surface area contributed by atoms with Crippen molar-refractivity contribution >= 4 is 27.3 Å². The minimum absolute atomic E-state index is 0.0537. The molecule has 0 fully saturated rings. The Labute approximate surface area is 129 Å². The summed E-state index contributed by atoms with van der Waals surface area (Å²) in [5, 5.41) is -0.0537. The number of para-hydroxylation sites is 1. The summed E-state index contributed by atoms with van der Waals surface area (Å²) in [4.78, 5) is 0. The van der Waals surface area contributed by atoms with Gasteiger partial charge in [0.25, 0.3) is 10.0 Å². The van der Waals surface area contributed by atoms with Crippen molar-refractivity contribution in [2.24, 2.45) is 5.92 Å². The summed E-state index contributed by atoms with van der Waals surface area (Å²) >= 11 is 5.68. The summed E-state index contributed by atoms with van der Waals surface area (Å²) in [6, 6.07) is 10.7. The molecule has 0 aliphatic carbocycles. The van der Waals surface area contributed by atoms with Crippen LogP contribution in [0.3, 0.4) is 0 Å². The predicted molar refractivity (Wildman–Crippen MR) is 82.1 cm³/mol. The van der Waals surface area contributed by atoms with Gasteiger partial charge in [0.15, 0.2) is 0 Å². The second-order valence-corrected chi connectivity index (χ2v) is 7.39. The predicted octanol–water partition coefficient (Wildman–Crippen LogP) is 3.41. The van der Waals surface area contributed by atoms with Crippen LogP contribution in [0.2, 0.25) is 0 Å². The van der Waals surface area contributed by atoms with Crippen molar-refractivity contribution in [3.63, 3.8) is 0 Å². The molecule has 1 aromatic heterocycles. The number of alkyl halides is 1. The van der Waals surface area contributed by atoms with Gasteiger partial charge in [0, 0.05) is 6.54 Å². The van der Waals surface area contributed by atoms with E-state index >= 15 is 0 Å². The number of halogens is 1. The van der Waals surface area contributed by atoms with Gasteiger partial charge >= 0.3 is 0 Å². The third kappa shape index (κ3) is 2.56. The van der Waals surface area contributed by atoms with Crippen molar-refractivity contribution in [2.75, 3.05) is 10.8 Å². The maximum Gasteiger partial charge on any atom is 0.297 e. The Bertz CT molecular complexity index is 754. The minimum Gasteiger partial charge on any atom is -0.447 e. The molecular weight excluding hydrogens is 310 g/mol. The van der Waals surface area contributed by atoms with Crippen LogP contribution in [0.25, 0.3) is 0 Å². The molecular formula is C15H16ClNO3S. The third-order valence-corrected chi connectivity index (χ3v) is 5.54. The summed E-state index contributed by atoms with van der Waals surface area (Å²) in [5.41, 5.74) is 1.78. The molecule has 112 valence electrons. The first kappa shape index (κ1) is 14.5. The Morgan fingerprint density at radius 3 is 2.76 bits per heavy atom. The van der Waals surface area contributed by atoms with Crippen LogP contribution in [0.4, 0.5) is 5.69 Å². The standard InChI is InChI=1S/C15H16ClNO3S/c1-11-8-12-4-2-3-5-14(12)17(10-11)21(18,19)15-7-6-13(9-16)20-15/h2-7,11H,8-10H2,1H3. The van der Waals surface area contributed by atoms with Crippen molar-refractivity contribution in [2.45, 2.75) is 24.3 Å². The van der Waals surface area contributed by atoms with Gasteiger partial charge in [-0.25, -0.2) is 0 Å². The smallest absolute Gasteiger partial charge is 0.297 e. The summed E-state index contributed by atoms with van der Waals surface area (Å²) in [5.74, 6) is 0.869. The lowest BCUT2D eigenvalue weighted by Gasteiger charge is -2.33. The normalized spacial score (nSPS) is 18.6. The molecule has 1 aromatic carbocycles. The highest BCUT2D eigenvalue weighted by atomic mass is 35.5. The van der Waals surface area contributed by atoms with Crippen molar-refractivity contribution in [3.05, 3.63) is 47.7 Å². The number of rotatable bonds is 3. The van der Waals surface area contributed by atoms with Crippen molar-refractivity contribution in [3.8, 4) is 0 Å². The molecule has 6 heteroatoms. The molecule has 0 radical (unpaired) electrons. The van der Waals surface area contributed by atoms with Gasteiger partial charge in [-0.1, -0.05) is 25.1 Å². The molecule has 0 amide bonds. The van der Waals surface area contributed by atoms with E-state index in [2.05, 4.69) is 0 Å². The van der Waals surface area contributed by atoms with E-state index in [4.69, 9.17) is 16.0 Å².